The first-order valence-electron chi connectivity index (χ1n) is 13.4. The quantitative estimate of drug-likeness (QED) is 0.217. The summed E-state index contributed by atoms with van der Waals surface area (Å²) in [6.07, 6.45) is -0.708. The molecule has 8 nitrogen and oxygen atoms in total. The van der Waals surface area contributed by atoms with Gasteiger partial charge in [0.1, 0.15) is 5.84 Å². The van der Waals surface area contributed by atoms with Gasteiger partial charge in [0.15, 0.2) is 0 Å². The fourth-order valence-electron chi connectivity index (χ4n) is 4.39. The number of hydrogen-bond donors (Lipinski definition) is 3. The number of nitrogens with zero attached hydrogens (tertiary/aromatic N) is 2. The fourth-order valence-corrected chi connectivity index (χ4v) is 6.01. The van der Waals surface area contributed by atoms with Crippen molar-refractivity contribution >= 4 is 21.8 Å². The highest BCUT2D eigenvalue weighted by atomic mass is 32.2. The molecule has 0 aromatic heterocycles. The Labute approximate surface area is 238 Å². The molecule has 0 saturated heterocycles. The maximum absolute atomic E-state index is 13.6. The van der Waals surface area contributed by atoms with Crippen molar-refractivity contribution in [3.63, 3.8) is 0 Å². The van der Waals surface area contributed by atoms with Gasteiger partial charge >= 0.3 is 0 Å². The molecule has 0 bridgehead atoms. The summed E-state index contributed by atoms with van der Waals surface area (Å²) in [6, 6.07) is 22.7. The van der Waals surface area contributed by atoms with Gasteiger partial charge in [-0.1, -0.05) is 86.1 Å². The molecule has 0 fully saturated rings. The van der Waals surface area contributed by atoms with Gasteiger partial charge in [0.2, 0.25) is 15.9 Å². The van der Waals surface area contributed by atoms with Gasteiger partial charge in [-0.05, 0) is 42.5 Å². The third-order valence-electron chi connectivity index (χ3n) is 6.58. The lowest BCUT2D eigenvalue weighted by Crippen LogP contribution is -2.51. The van der Waals surface area contributed by atoms with E-state index in [2.05, 4.69) is 10.3 Å². The summed E-state index contributed by atoms with van der Waals surface area (Å²) in [7, 11) is -2.25. The minimum absolute atomic E-state index is 0.0318. The summed E-state index contributed by atoms with van der Waals surface area (Å²) >= 11 is 0. The van der Waals surface area contributed by atoms with Gasteiger partial charge in [0.25, 0.3) is 0 Å². The number of carbonyl (C=O) groups excluding carboxylic acids is 1. The van der Waals surface area contributed by atoms with Crippen molar-refractivity contribution in [1.82, 2.24) is 9.62 Å². The molecule has 3 aromatic rings. The first-order chi connectivity index (χ1) is 19.0. The number of amidine groups is 1. The zero-order chi connectivity index (χ0) is 29.3. The Morgan fingerprint density at radius 2 is 1.57 bits per heavy atom. The van der Waals surface area contributed by atoms with Gasteiger partial charge in [0, 0.05) is 25.7 Å². The second-order valence-corrected chi connectivity index (χ2v) is 12.4. The maximum atomic E-state index is 13.6. The van der Waals surface area contributed by atoms with Gasteiger partial charge in [-0.15, -0.1) is 0 Å². The van der Waals surface area contributed by atoms with Crippen LogP contribution in [0.15, 0.2) is 88.8 Å². The average molecular weight is 565 g/mol. The van der Waals surface area contributed by atoms with Crippen LogP contribution in [-0.4, -0.2) is 61.9 Å². The Kier molecular flexibility index (Phi) is 11.0. The molecule has 4 N–H and O–H groups in total. The van der Waals surface area contributed by atoms with E-state index >= 15 is 0 Å². The molecule has 214 valence electrons. The highest BCUT2D eigenvalue weighted by Gasteiger charge is 2.31. The molecule has 2 unspecified atom stereocenters. The van der Waals surface area contributed by atoms with Gasteiger partial charge < -0.3 is 16.2 Å². The molecular weight excluding hydrogens is 524 g/mol. The Morgan fingerprint density at radius 1 is 0.950 bits per heavy atom. The molecule has 0 saturated carbocycles. The van der Waals surface area contributed by atoms with Crippen LogP contribution < -0.4 is 11.1 Å². The van der Waals surface area contributed by atoms with Crippen molar-refractivity contribution in [3.8, 4) is 0 Å². The number of aliphatic hydroxyl groups is 1. The van der Waals surface area contributed by atoms with E-state index in [1.165, 1.54) is 4.31 Å². The molecule has 0 aliphatic heterocycles. The third-order valence-corrected chi connectivity index (χ3v) is 8.43. The summed E-state index contributed by atoms with van der Waals surface area (Å²) in [5.74, 6) is 0.166. The Hall–Kier alpha value is -3.53. The second-order valence-electron chi connectivity index (χ2n) is 10.4. The van der Waals surface area contributed by atoms with Crippen molar-refractivity contribution < 1.29 is 18.3 Å². The Bertz CT molecular complexity index is 1370. The first-order valence-corrected chi connectivity index (χ1v) is 14.8. The van der Waals surface area contributed by atoms with Crippen LogP contribution in [0.2, 0.25) is 0 Å². The van der Waals surface area contributed by atoms with Crippen molar-refractivity contribution in [1.29, 1.82) is 0 Å². The van der Waals surface area contributed by atoms with Crippen LogP contribution in [0.3, 0.4) is 0 Å². The van der Waals surface area contributed by atoms with Crippen LogP contribution in [0, 0.1) is 12.8 Å². The molecule has 9 heteroatoms. The zero-order valence-electron chi connectivity index (χ0n) is 23.6. The number of sulfonamides is 1. The van der Waals surface area contributed by atoms with Crippen LogP contribution >= 0.6 is 0 Å². The van der Waals surface area contributed by atoms with Crippen molar-refractivity contribution in [2.75, 3.05) is 20.1 Å². The average Bonchev–Trinajstić information content (AvgIpc) is 2.92. The molecule has 0 spiro atoms. The third kappa shape index (κ3) is 8.74. The minimum Gasteiger partial charge on any atom is -0.390 e. The summed E-state index contributed by atoms with van der Waals surface area (Å²) < 4.78 is 28.4. The van der Waals surface area contributed by atoms with Gasteiger partial charge in [0.05, 0.1) is 23.5 Å². The number of benzene rings is 3. The molecule has 0 radical (unpaired) electrons. The largest absolute Gasteiger partial charge is 0.390 e. The number of nitrogens with one attached hydrogen (secondary N) is 1. The monoisotopic (exact) mass is 564 g/mol. The highest BCUT2D eigenvalue weighted by Crippen LogP contribution is 2.20. The molecule has 2 atom stereocenters. The number of aliphatic imine (C=N–C) groups is 1. The summed E-state index contributed by atoms with van der Waals surface area (Å²) in [4.78, 5) is 17.2. The van der Waals surface area contributed by atoms with E-state index in [1.54, 1.807) is 43.4 Å². The molecule has 0 aliphatic rings. The van der Waals surface area contributed by atoms with Crippen LogP contribution in [-0.2, 0) is 27.7 Å². The van der Waals surface area contributed by atoms with E-state index in [4.69, 9.17) is 5.73 Å². The minimum atomic E-state index is -3.86. The Morgan fingerprint density at radius 3 is 2.15 bits per heavy atom. The first kappa shape index (κ1) is 31.0. The number of carbonyl (C=O) groups is 1. The van der Waals surface area contributed by atoms with E-state index < -0.39 is 22.2 Å². The molecule has 0 aliphatic carbocycles. The van der Waals surface area contributed by atoms with E-state index in [9.17, 15) is 18.3 Å². The molecule has 0 heterocycles. The molecular formula is C31H40N4O4S. The molecule has 40 heavy (non-hydrogen) atoms. The van der Waals surface area contributed by atoms with E-state index in [1.807, 2.05) is 63.2 Å². The van der Waals surface area contributed by atoms with Gasteiger partial charge in [-0.2, -0.15) is 4.31 Å². The predicted octanol–water partition coefficient (Wildman–Crippen LogP) is 3.31. The number of amides is 1. The van der Waals surface area contributed by atoms with Crippen LogP contribution in [0.4, 0.5) is 0 Å². The zero-order valence-corrected chi connectivity index (χ0v) is 24.4. The van der Waals surface area contributed by atoms with E-state index in [0.717, 1.165) is 22.3 Å². The second kappa shape index (κ2) is 14.2. The number of aliphatic hydroxyl groups excluding tert-OH is 1. The number of aryl methyl sites for hydroxylation is 1. The predicted molar refractivity (Wildman–Crippen MR) is 160 cm³/mol. The van der Waals surface area contributed by atoms with Crippen molar-refractivity contribution in [2.45, 2.75) is 50.7 Å². The fraction of sp³-hybridized carbons (Fsp3) is 0.355. The smallest absolute Gasteiger partial charge is 0.243 e. The van der Waals surface area contributed by atoms with Crippen LogP contribution in [0.25, 0.3) is 0 Å². The summed E-state index contributed by atoms with van der Waals surface area (Å²) in [6.45, 7) is 5.83. The molecule has 3 aromatic carbocycles. The SMILES string of the molecule is CN=C(N)c1ccc(CC(=O)NC(Cc2ccccc2)C(O)CN(CC(C)C)S(=O)(=O)c2ccc(C)cc2)cc1. The molecule has 3 rings (SSSR count). The number of rotatable bonds is 13. The van der Waals surface area contributed by atoms with Crippen molar-refractivity contribution in [3.05, 3.63) is 101 Å². The standard InChI is InChI=1S/C31H40N4O4S/c1-22(2)20-35(40(38,39)27-16-10-23(3)11-17-27)21-29(36)28(18-24-8-6-5-7-9-24)34-30(37)19-25-12-14-26(15-13-25)31(32)33-4/h5-17,22,28-29,36H,18-21H2,1-4H3,(H2,32,33)(H,34,37). The van der Waals surface area contributed by atoms with Crippen LogP contribution in [0.5, 0.6) is 0 Å². The van der Waals surface area contributed by atoms with Gasteiger partial charge in [-0.3, -0.25) is 9.79 Å². The lowest BCUT2D eigenvalue weighted by molar-refractivity contribution is -0.122. The topological polar surface area (TPSA) is 125 Å². The normalized spacial score (nSPS) is 13.8. The van der Waals surface area contributed by atoms with Crippen molar-refractivity contribution in [2.24, 2.45) is 16.6 Å². The Balaban J connectivity index is 1.82. The molecule has 1 amide bonds. The number of hydrogen-bond acceptors (Lipinski definition) is 5. The maximum Gasteiger partial charge on any atom is 0.243 e. The summed E-state index contributed by atoms with van der Waals surface area (Å²) in [5.41, 5.74) is 9.28. The lowest BCUT2D eigenvalue weighted by atomic mass is 10.00. The van der Waals surface area contributed by atoms with Gasteiger partial charge in [-0.25, -0.2) is 8.42 Å². The number of nitrogens with two attached hydrogens (primary N) is 1. The lowest BCUT2D eigenvalue weighted by Gasteiger charge is -2.31. The van der Waals surface area contributed by atoms with E-state index in [0.29, 0.717) is 12.3 Å². The highest BCUT2D eigenvalue weighted by molar-refractivity contribution is 7.89. The summed E-state index contributed by atoms with van der Waals surface area (Å²) in [5, 5.41) is 14.4. The van der Waals surface area contributed by atoms with Crippen LogP contribution in [0.1, 0.15) is 36.1 Å². The van der Waals surface area contributed by atoms with E-state index in [-0.39, 0.29) is 36.2 Å².